The molecule has 0 bridgehead atoms. The summed E-state index contributed by atoms with van der Waals surface area (Å²) in [6.07, 6.45) is 16.4. The minimum absolute atomic E-state index is 0.0663. The van der Waals surface area contributed by atoms with Gasteiger partial charge in [0.05, 0.1) is 1.37 Å². The molecule has 5 rings (SSSR count). The van der Waals surface area contributed by atoms with Gasteiger partial charge in [-0.25, -0.2) is 0 Å². The second kappa shape index (κ2) is 6.82. The van der Waals surface area contributed by atoms with E-state index in [0.29, 0.717) is 17.9 Å². The molecule has 0 amide bonds. The Hall–Kier alpha value is -1.90. The van der Waals surface area contributed by atoms with Gasteiger partial charge < -0.3 is 4.74 Å². The van der Waals surface area contributed by atoms with Crippen LogP contribution < -0.4 is 0 Å². The molecule has 0 saturated heterocycles. The van der Waals surface area contributed by atoms with E-state index in [0.717, 1.165) is 43.6 Å². The molecule has 0 aliphatic heterocycles. The van der Waals surface area contributed by atoms with Crippen molar-refractivity contribution in [1.82, 2.24) is 4.98 Å². The van der Waals surface area contributed by atoms with Crippen molar-refractivity contribution in [3.8, 4) is 0 Å². The van der Waals surface area contributed by atoms with Crippen molar-refractivity contribution in [2.24, 2.45) is 28.6 Å². The van der Waals surface area contributed by atoms with E-state index in [1.807, 2.05) is 12.3 Å². The molecule has 3 unspecified atom stereocenters. The Bertz CT molecular complexity index is 937. The van der Waals surface area contributed by atoms with Crippen LogP contribution in [-0.2, 0) is 9.53 Å². The van der Waals surface area contributed by atoms with E-state index in [1.54, 1.807) is 11.8 Å². The number of aromatic nitrogens is 1. The van der Waals surface area contributed by atoms with Gasteiger partial charge in [-0.2, -0.15) is 0 Å². The van der Waals surface area contributed by atoms with E-state index in [2.05, 4.69) is 31.0 Å². The number of allylic oxidation sites excluding steroid dienone is 3. The number of carbonyl (C=O) groups is 1. The van der Waals surface area contributed by atoms with Crippen molar-refractivity contribution in [3.05, 3.63) is 47.8 Å². The van der Waals surface area contributed by atoms with Gasteiger partial charge in [-0.05, 0) is 84.3 Å². The third-order valence-electron chi connectivity index (χ3n) is 8.88. The van der Waals surface area contributed by atoms with Crippen LogP contribution >= 0.6 is 0 Å². The Balaban J connectivity index is 1.41. The van der Waals surface area contributed by atoms with Gasteiger partial charge in [0.25, 0.3) is 0 Å². The van der Waals surface area contributed by atoms with Crippen molar-refractivity contribution in [2.45, 2.75) is 71.8 Å². The van der Waals surface area contributed by atoms with Crippen LogP contribution in [-0.4, -0.2) is 17.1 Å². The molecule has 1 aromatic rings. The van der Waals surface area contributed by atoms with Gasteiger partial charge in [-0.3, -0.25) is 9.78 Å². The van der Waals surface area contributed by atoms with Crippen LogP contribution in [0.2, 0.25) is 0 Å². The van der Waals surface area contributed by atoms with E-state index in [9.17, 15) is 4.79 Å². The second-order valence-corrected chi connectivity index (χ2v) is 10.2. The highest BCUT2D eigenvalue weighted by atomic mass is 16.5. The van der Waals surface area contributed by atoms with Crippen molar-refractivity contribution >= 4 is 11.5 Å². The highest BCUT2D eigenvalue weighted by Gasteiger charge is 2.56. The molecule has 0 spiro atoms. The quantitative estimate of drug-likeness (QED) is 0.460. The first kappa shape index (κ1) is 17.9. The smallest absolute Gasteiger partial charge is 0.302 e. The Morgan fingerprint density at radius 3 is 2.79 bits per heavy atom. The van der Waals surface area contributed by atoms with Gasteiger partial charge in [-0.15, -0.1) is 0 Å². The molecule has 154 valence electrons. The number of pyridine rings is 1. The normalized spacial score (nSPS) is 41.3. The first-order valence-corrected chi connectivity index (χ1v) is 11.3. The Labute approximate surface area is 176 Å². The summed E-state index contributed by atoms with van der Waals surface area (Å²) >= 11 is 0. The molecule has 4 aliphatic carbocycles. The molecule has 2 saturated carbocycles. The summed E-state index contributed by atoms with van der Waals surface area (Å²) in [5.41, 5.74) is 4.55. The average Bonchev–Trinajstić information content (AvgIpc) is 3.05. The molecule has 0 N–H and O–H groups in total. The Morgan fingerprint density at radius 2 is 2.00 bits per heavy atom. The van der Waals surface area contributed by atoms with Crippen LogP contribution in [0.4, 0.5) is 0 Å². The monoisotopic (exact) mass is 392 g/mol. The van der Waals surface area contributed by atoms with E-state index in [-0.39, 0.29) is 22.9 Å². The number of hydrogen-bond donors (Lipinski definition) is 0. The maximum Gasteiger partial charge on any atom is 0.302 e. The lowest BCUT2D eigenvalue weighted by atomic mass is 9.47. The van der Waals surface area contributed by atoms with Crippen LogP contribution in [0, 0.1) is 28.6 Å². The number of hydrogen-bond acceptors (Lipinski definition) is 3. The van der Waals surface area contributed by atoms with Gasteiger partial charge in [0.2, 0.25) is 0 Å². The number of esters is 1. The van der Waals surface area contributed by atoms with Gasteiger partial charge in [-0.1, -0.05) is 37.6 Å². The van der Waals surface area contributed by atoms with Crippen molar-refractivity contribution < 1.29 is 10.9 Å². The zero-order valence-corrected chi connectivity index (χ0v) is 17.9. The van der Waals surface area contributed by atoms with Gasteiger partial charge in [0, 0.05) is 25.7 Å². The lowest BCUT2D eigenvalue weighted by molar-refractivity contribution is -0.148. The lowest BCUT2D eigenvalue weighted by Gasteiger charge is -2.57. The summed E-state index contributed by atoms with van der Waals surface area (Å²) in [5, 5.41) is 0. The van der Waals surface area contributed by atoms with Gasteiger partial charge in [0.1, 0.15) is 6.10 Å². The molecule has 0 aromatic carbocycles. The summed E-state index contributed by atoms with van der Waals surface area (Å²) < 4.78 is 13.6. The van der Waals surface area contributed by atoms with E-state index in [4.69, 9.17) is 6.11 Å². The Morgan fingerprint density at radius 1 is 1.17 bits per heavy atom. The Kier molecular flexibility index (Phi) is 4.21. The largest absolute Gasteiger partial charge is 0.462 e. The SMILES string of the molecule is [2H]c1cncc(C2=CCC3C4CC=C5C[C@@H](OC(C)=O)CC[C@]5(C)C4CC[C@]23C)c1. The number of nitrogens with zero attached hydrogens (tertiary/aromatic N) is 1. The number of carbonyl (C=O) groups excluding carboxylic acids is 1. The lowest BCUT2D eigenvalue weighted by Crippen LogP contribution is -2.50. The molecule has 6 atom stereocenters. The van der Waals surface area contributed by atoms with E-state index in [1.165, 1.54) is 25.3 Å². The zero-order chi connectivity index (χ0) is 21.1. The molecule has 4 aliphatic rings. The summed E-state index contributed by atoms with van der Waals surface area (Å²) in [7, 11) is 0. The highest BCUT2D eigenvalue weighted by molar-refractivity contribution is 5.72. The maximum atomic E-state index is 11.4. The fourth-order valence-corrected chi connectivity index (χ4v) is 7.45. The molecule has 2 fully saturated rings. The number of ether oxygens (including phenoxy) is 1. The molecular formula is C26H33NO2. The molecular weight excluding hydrogens is 358 g/mol. The van der Waals surface area contributed by atoms with Crippen LogP contribution in [0.1, 0.15) is 72.7 Å². The first-order chi connectivity index (χ1) is 14.3. The predicted molar refractivity (Wildman–Crippen MR) is 115 cm³/mol. The van der Waals surface area contributed by atoms with Crippen LogP contribution in [0.15, 0.2) is 42.2 Å². The fourth-order valence-electron chi connectivity index (χ4n) is 7.45. The zero-order valence-electron chi connectivity index (χ0n) is 18.9. The summed E-state index contributed by atoms with van der Waals surface area (Å²) in [4.78, 5) is 15.7. The topological polar surface area (TPSA) is 39.2 Å². The van der Waals surface area contributed by atoms with Crippen molar-refractivity contribution in [1.29, 1.82) is 0 Å². The first-order valence-electron chi connectivity index (χ1n) is 11.8. The molecule has 1 heterocycles. The third-order valence-corrected chi connectivity index (χ3v) is 8.88. The molecule has 29 heavy (non-hydrogen) atoms. The molecule has 3 heteroatoms. The van der Waals surface area contributed by atoms with E-state index < -0.39 is 0 Å². The summed E-state index contributed by atoms with van der Waals surface area (Å²) in [5.74, 6) is 1.95. The second-order valence-electron chi connectivity index (χ2n) is 10.2. The molecule has 3 nitrogen and oxygen atoms in total. The van der Waals surface area contributed by atoms with Crippen LogP contribution in [0.5, 0.6) is 0 Å². The molecule has 0 radical (unpaired) electrons. The van der Waals surface area contributed by atoms with Crippen molar-refractivity contribution in [3.63, 3.8) is 0 Å². The average molecular weight is 393 g/mol. The molecule has 1 aromatic heterocycles. The number of rotatable bonds is 2. The van der Waals surface area contributed by atoms with Crippen LogP contribution in [0.3, 0.4) is 0 Å². The van der Waals surface area contributed by atoms with Gasteiger partial charge in [0.15, 0.2) is 0 Å². The fraction of sp³-hybridized carbons (Fsp3) is 0.615. The minimum Gasteiger partial charge on any atom is -0.462 e. The minimum atomic E-state index is -0.151. The van der Waals surface area contributed by atoms with Gasteiger partial charge >= 0.3 is 5.97 Å². The van der Waals surface area contributed by atoms with Crippen molar-refractivity contribution in [2.75, 3.05) is 0 Å². The summed E-state index contributed by atoms with van der Waals surface area (Å²) in [6.45, 7) is 6.47. The standard InChI is InChI=1S/C26H33NO2/c1-17(28)29-20-10-12-25(2)19(15-20)6-7-21-23-9-8-22(18-5-4-14-27-16-18)26(23,3)13-11-24(21)25/h4-6,8,14,16,20-21,23-24H,7,9-13,15H2,1-3H3/t20-,21?,23?,24?,25-,26+/m0/s1/i4D. The van der Waals surface area contributed by atoms with E-state index >= 15 is 0 Å². The number of fused-ring (bicyclic) bond motifs is 5. The third kappa shape index (κ3) is 2.92. The predicted octanol–water partition coefficient (Wildman–Crippen LogP) is 5.97. The maximum absolute atomic E-state index is 11.4. The van der Waals surface area contributed by atoms with Crippen LogP contribution in [0.25, 0.3) is 5.57 Å². The highest BCUT2D eigenvalue weighted by Crippen LogP contribution is 2.66. The summed E-state index contributed by atoms with van der Waals surface area (Å²) in [6, 6.07) is 2.48.